The largest absolute Gasteiger partial charge is 0.303 e. The molecule has 0 aromatic rings. The van der Waals surface area contributed by atoms with Gasteiger partial charge in [-0.05, 0) is 12.8 Å². The lowest BCUT2D eigenvalue weighted by atomic mass is 9.96. The molecule has 1 saturated carbocycles. The normalized spacial score (nSPS) is 26.2. The van der Waals surface area contributed by atoms with Crippen LogP contribution in [0.4, 0.5) is 0 Å². The molecule has 0 amide bonds. The van der Waals surface area contributed by atoms with Crippen LogP contribution in [-0.4, -0.2) is 12.1 Å². The Morgan fingerprint density at radius 1 is 1.36 bits per heavy atom. The third-order valence-electron chi connectivity index (χ3n) is 2.31. The quantitative estimate of drug-likeness (QED) is 0.448. The Morgan fingerprint density at radius 3 is 2.91 bits per heavy atom. The molecular weight excluding hydrogens is 140 g/mol. The van der Waals surface area contributed by atoms with Crippen LogP contribution in [-0.2, 0) is 9.59 Å². The minimum absolute atomic E-state index is 0.0509. The Hall–Kier alpha value is -0.660. The lowest BCUT2D eigenvalue weighted by Gasteiger charge is -2.06. The first-order valence-corrected chi connectivity index (χ1v) is 4.31. The van der Waals surface area contributed by atoms with E-state index in [-0.39, 0.29) is 5.92 Å². The molecule has 1 aliphatic rings. The Balaban J connectivity index is 2.45. The molecule has 2 heteroatoms. The SMILES string of the molecule is O=CC[C@H]1CCCCCC1=O. The molecule has 0 aromatic heterocycles. The van der Waals surface area contributed by atoms with E-state index >= 15 is 0 Å². The van der Waals surface area contributed by atoms with Gasteiger partial charge in [0.15, 0.2) is 0 Å². The molecule has 0 radical (unpaired) electrons. The molecule has 0 aliphatic heterocycles. The van der Waals surface area contributed by atoms with E-state index in [9.17, 15) is 9.59 Å². The van der Waals surface area contributed by atoms with Gasteiger partial charge < -0.3 is 4.79 Å². The second kappa shape index (κ2) is 4.27. The van der Waals surface area contributed by atoms with E-state index in [1.54, 1.807) is 0 Å². The fraction of sp³-hybridized carbons (Fsp3) is 0.778. The van der Waals surface area contributed by atoms with Crippen molar-refractivity contribution in [3.8, 4) is 0 Å². The standard InChI is InChI=1S/C9H14O2/c10-7-6-8-4-2-1-3-5-9(8)11/h7-8H,1-6H2/t8-/m1/s1. The van der Waals surface area contributed by atoms with Crippen LogP contribution >= 0.6 is 0 Å². The van der Waals surface area contributed by atoms with Crippen LogP contribution in [0.1, 0.15) is 38.5 Å². The van der Waals surface area contributed by atoms with Gasteiger partial charge in [0.1, 0.15) is 12.1 Å². The molecule has 0 aromatic carbocycles. The summed E-state index contributed by atoms with van der Waals surface area (Å²) in [5, 5.41) is 0. The highest BCUT2D eigenvalue weighted by molar-refractivity contribution is 5.83. The third kappa shape index (κ3) is 2.45. The van der Waals surface area contributed by atoms with Crippen LogP contribution in [0.25, 0.3) is 0 Å². The van der Waals surface area contributed by atoms with Gasteiger partial charge in [0, 0.05) is 18.8 Å². The molecule has 1 aliphatic carbocycles. The van der Waals surface area contributed by atoms with E-state index in [4.69, 9.17) is 0 Å². The van der Waals surface area contributed by atoms with Crippen molar-refractivity contribution in [2.45, 2.75) is 38.5 Å². The van der Waals surface area contributed by atoms with Crippen LogP contribution in [0.5, 0.6) is 0 Å². The summed E-state index contributed by atoms with van der Waals surface area (Å²) in [5.41, 5.74) is 0. The number of ketones is 1. The van der Waals surface area contributed by atoms with Crippen molar-refractivity contribution < 1.29 is 9.59 Å². The summed E-state index contributed by atoms with van der Waals surface area (Å²) in [7, 11) is 0. The lowest BCUT2D eigenvalue weighted by molar-refractivity contribution is -0.124. The first-order valence-electron chi connectivity index (χ1n) is 4.31. The molecule has 0 spiro atoms. The van der Waals surface area contributed by atoms with Crippen molar-refractivity contribution in [1.29, 1.82) is 0 Å². The molecule has 62 valence electrons. The van der Waals surface area contributed by atoms with E-state index in [2.05, 4.69) is 0 Å². The van der Waals surface area contributed by atoms with Crippen LogP contribution in [0.3, 0.4) is 0 Å². The fourth-order valence-electron chi connectivity index (χ4n) is 1.60. The van der Waals surface area contributed by atoms with Crippen LogP contribution < -0.4 is 0 Å². The van der Waals surface area contributed by atoms with Crippen molar-refractivity contribution in [1.82, 2.24) is 0 Å². The molecule has 0 N–H and O–H groups in total. The minimum atomic E-state index is 0.0509. The number of carbonyl (C=O) groups excluding carboxylic acids is 2. The molecule has 0 heterocycles. The van der Waals surface area contributed by atoms with Gasteiger partial charge in [-0.3, -0.25) is 4.79 Å². The van der Waals surface area contributed by atoms with Gasteiger partial charge in [0.05, 0.1) is 0 Å². The Labute approximate surface area is 67.0 Å². The summed E-state index contributed by atoms with van der Waals surface area (Å²) >= 11 is 0. The monoisotopic (exact) mass is 154 g/mol. The molecule has 1 fully saturated rings. The second-order valence-corrected chi connectivity index (χ2v) is 3.16. The highest BCUT2D eigenvalue weighted by Gasteiger charge is 2.19. The zero-order valence-electron chi connectivity index (χ0n) is 6.71. The third-order valence-corrected chi connectivity index (χ3v) is 2.31. The number of aldehydes is 1. The van der Waals surface area contributed by atoms with Crippen molar-refractivity contribution in [3.05, 3.63) is 0 Å². The maximum atomic E-state index is 11.2. The van der Waals surface area contributed by atoms with Crippen LogP contribution in [0, 0.1) is 5.92 Å². The number of hydrogen-bond donors (Lipinski definition) is 0. The second-order valence-electron chi connectivity index (χ2n) is 3.16. The molecule has 2 nitrogen and oxygen atoms in total. The summed E-state index contributed by atoms with van der Waals surface area (Å²) in [4.78, 5) is 21.4. The van der Waals surface area contributed by atoms with Crippen molar-refractivity contribution in [3.63, 3.8) is 0 Å². The first-order chi connectivity index (χ1) is 5.34. The average molecular weight is 154 g/mol. The number of Topliss-reactive ketones (excluding diaryl/α,β-unsaturated/α-hetero) is 1. The molecule has 0 unspecified atom stereocenters. The maximum absolute atomic E-state index is 11.2. The van der Waals surface area contributed by atoms with Crippen molar-refractivity contribution in [2.24, 2.45) is 5.92 Å². The summed E-state index contributed by atoms with van der Waals surface area (Å²) < 4.78 is 0. The Morgan fingerprint density at radius 2 is 2.18 bits per heavy atom. The van der Waals surface area contributed by atoms with Crippen molar-refractivity contribution >= 4 is 12.1 Å². The van der Waals surface area contributed by atoms with Gasteiger partial charge in [-0.1, -0.05) is 12.8 Å². The molecule has 0 saturated heterocycles. The number of hydrogen-bond acceptors (Lipinski definition) is 2. The van der Waals surface area contributed by atoms with Crippen molar-refractivity contribution in [2.75, 3.05) is 0 Å². The van der Waals surface area contributed by atoms with E-state index in [0.29, 0.717) is 18.6 Å². The van der Waals surface area contributed by atoms with E-state index < -0.39 is 0 Å². The minimum Gasteiger partial charge on any atom is -0.303 e. The van der Waals surface area contributed by atoms with Crippen LogP contribution in [0.2, 0.25) is 0 Å². The summed E-state index contributed by atoms with van der Waals surface area (Å²) in [6.07, 6.45) is 6.22. The smallest absolute Gasteiger partial charge is 0.136 e. The van der Waals surface area contributed by atoms with Crippen LogP contribution in [0.15, 0.2) is 0 Å². The van der Waals surface area contributed by atoms with E-state index in [1.165, 1.54) is 0 Å². The Kier molecular flexibility index (Phi) is 3.27. The topological polar surface area (TPSA) is 34.1 Å². The molecule has 1 atom stereocenters. The van der Waals surface area contributed by atoms with Gasteiger partial charge in [-0.2, -0.15) is 0 Å². The van der Waals surface area contributed by atoms with Gasteiger partial charge in [0.2, 0.25) is 0 Å². The lowest BCUT2D eigenvalue weighted by Crippen LogP contribution is -2.12. The number of carbonyl (C=O) groups is 2. The van der Waals surface area contributed by atoms with Gasteiger partial charge in [-0.25, -0.2) is 0 Å². The van der Waals surface area contributed by atoms with E-state index in [0.717, 1.165) is 32.0 Å². The summed E-state index contributed by atoms with van der Waals surface area (Å²) in [6, 6.07) is 0. The highest BCUT2D eigenvalue weighted by Crippen LogP contribution is 2.21. The predicted molar refractivity (Wildman–Crippen MR) is 42.3 cm³/mol. The van der Waals surface area contributed by atoms with Gasteiger partial charge in [-0.15, -0.1) is 0 Å². The zero-order chi connectivity index (χ0) is 8.10. The highest BCUT2D eigenvalue weighted by atomic mass is 16.1. The molecule has 11 heavy (non-hydrogen) atoms. The summed E-state index contributed by atoms with van der Waals surface area (Å²) in [5.74, 6) is 0.351. The molecule has 0 bridgehead atoms. The average Bonchev–Trinajstić information content (AvgIpc) is 2.18. The van der Waals surface area contributed by atoms with Gasteiger partial charge >= 0.3 is 0 Å². The molecular formula is C9H14O2. The van der Waals surface area contributed by atoms with Gasteiger partial charge in [0.25, 0.3) is 0 Å². The summed E-state index contributed by atoms with van der Waals surface area (Å²) in [6.45, 7) is 0. The fourth-order valence-corrected chi connectivity index (χ4v) is 1.60. The van der Waals surface area contributed by atoms with E-state index in [1.807, 2.05) is 0 Å². The zero-order valence-corrected chi connectivity index (χ0v) is 6.71. The Bertz CT molecular complexity index is 152. The first kappa shape index (κ1) is 8.44. The number of rotatable bonds is 2. The maximum Gasteiger partial charge on any atom is 0.136 e. The predicted octanol–water partition coefficient (Wildman–Crippen LogP) is 1.72. The molecule has 1 rings (SSSR count).